The van der Waals surface area contributed by atoms with Crippen LogP contribution in [0.4, 0.5) is 5.69 Å². The van der Waals surface area contributed by atoms with E-state index in [1.165, 1.54) is 18.4 Å². The van der Waals surface area contributed by atoms with Crippen molar-refractivity contribution in [3.8, 4) is 0 Å². The Labute approximate surface area is 112 Å². The van der Waals surface area contributed by atoms with Gasteiger partial charge in [0.15, 0.2) is 0 Å². The molecule has 0 saturated carbocycles. The zero-order chi connectivity index (χ0) is 13.7. The van der Waals surface area contributed by atoms with Crippen molar-refractivity contribution in [2.45, 2.75) is 26.2 Å². The first-order valence-corrected chi connectivity index (χ1v) is 6.28. The summed E-state index contributed by atoms with van der Waals surface area (Å²) in [7, 11) is 0. The van der Waals surface area contributed by atoms with Crippen LogP contribution < -0.4 is 5.32 Å². The molecule has 5 heteroatoms. The molecule has 1 aromatic carbocycles. The topological polar surface area (TPSA) is 66.2 Å². The van der Waals surface area contributed by atoms with Crippen molar-refractivity contribution in [2.24, 2.45) is 15.2 Å². The summed E-state index contributed by atoms with van der Waals surface area (Å²) in [6, 6.07) is 7.89. The highest BCUT2D eigenvalue weighted by atomic mass is 16.2. The lowest BCUT2D eigenvalue weighted by molar-refractivity contribution is -0.116. The molecule has 0 radical (unpaired) electrons. The summed E-state index contributed by atoms with van der Waals surface area (Å²) >= 11 is 0. The molecule has 19 heavy (non-hydrogen) atoms. The van der Waals surface area contributed by atoms with Crippen molar-refractivity contribution in [1.29, 1.82) is 0 Å². The van der Waals surface area contributed by atoms with Crippen LogP contribution in [0.3, 0.4) is 0 Å². The second kappa shape index (κ2) is 6.04. The van der Waals surface area contributed by atoms with Crippen LogP contribution >= 0.6 is 0 Å². The minimum Gasteiger partial charge on any atom is -0.288 e. The average Bonchev–Trinajstić information content (AvgIpc) is 2.42. The second-order valence-electron chi connectivity index (χ2n) is 4.31. The smallest absolute Gasteiger partial charge is 0.277 e. The molecule has 0 aromatic heterocycles. The molecule has 0 saturated heterocycles. The van der Waals surface area contributed by atoms with E-state index in [-0.39, 0.29) is 17.6 Å². The van der Waals surface area contributed by atoms with Crippen molar-refractivity contribution >= 4 is 17.6 Å². The van der Waals surface area contributed by atoms with Gasteiger partial charge in [-0.15, -0.1) is 10.2 Å². The first-order valence-electron chi connectivity index (χ1n) is 6.28. The number of carbonyl (C=O) groups excluding carboxylic acids is 1. The molecule has 0 aliphatic carbocycles. The van der Waals surface area contributed by atoms with Gasteiger partial charge >= 0.3 is 0 Å². The SMILES string of the molecule is C=C1N=NC(=Nc2ccc(CCCC)cc2)NC1=O. The normalized spacial score (nSPS) is 16.8. The van der Waals surface area contributed by atoms with Crippen molar-refractivity contribution in [3.05, 3.63) is 42.1 Å². The van der Waals surface area contributed by atoms with E-state index in [1.54, 1.807) is 0 Å². The molecule has 98 valence electrons. The molecule has 0 unspecified atom stereocenters. The van der Waals surface area contributed by atoms with E-state index in [1.807, 2.05) is 24.3 Å². The Morgan fingerprint density at radius 3 is 2.63 bits per heavy atom. The number of aliphatic imine (C=N–C) groups is 1. The molecule has 0 fully saturated rings. The van der Waals surface area contributed by atoms with Gasteiger partial charge in [-0.05, 0) is 30.5 Å². The summed E-state index contributed by atoms with van der Waals surface area (Å²) in [6.45, 7) is 5.62. The predicted octanol–water partition coefficient (Wildman–Crippen LogP) is 3.11. The van der Waals surface area contributed by atoms with Crippen molar-refractivity contribution in [3.63, 3.8) is 0 Å². The molecule has 1 N–H and O–H groups in total. The van der Waals surface area contributed by atoms with E-state index < -0.39 is 0 Å². The molecule has 1 aliphatic rings. The number of aryl methyl sites for hydroxylation is 1. The Kier molecular flexibility index (Phi) is 4.18. The lowest BCUT2D eigenvalue weighted by Crippen LogP contribution is -2.32. The van der Waals surface area contributed by atoms with Gasteiger partial charge in [0.2, 0.25) is 5.96 Å². The van der Waals surface area contributed by atoms with Crippen LogP contribution in [0.15, 0.2) is 51.8 Å². The van der Waals surface area contributed by atoms with Gasteiger partial charge in [-0.1, -0.05) is 32.1 Å². The van der Waals surface area contributed by atoms with Crippen LogP contribution in [-0.2, 0) is 11.2 Å². The van der Waals surface area contributed by atoms with Crippen LogP contribution in [0.25, 0.3) is 0 Å². The van der Waals surface area contributed by atoms with Gasteiger partial charge in [-0.2, -0.15) is 0 Å². The molecule has 2 rings (SSSR count). The number of nitrogens with zero attached hydrogens (tertiary/aromatic N) is 3. The molecular formula is C14H16N4O. The molecular weight excluding hydrogens is 240 g/mol. The van der Waals surface area contributed by atoms with E-state index in [9.17, 15) is 4.79 Å². The molecule has 0 spiro atoms. The summed E-state index contributed by atoms with van der Waals surface area (Å²) in [5.41, 5.74) is 2.12. The standard InChI is InChI=1S/C14H16N4O/c1-3-4-5-11-6-8-12(9-7-11)15-14-16-13(19)10(2)17-18-14/h6-9H,2-5H2,1H3,(H,15,16,19). The Morgan fingerprint density at radius 1 is 1.26 bits per heavy atom. The van der Waals surface area contributed by atoms with E-state index in [2.05, 4.69) is 34.0 Å². The van der Waals surface area contributed by atoms with Crippen LogP contribution in [0.1, 0.15) is 25.3 Å². The zero-order valence-corrected chi connectivity index (χ0v) is 10.9. The molecule has 0 atom stereocenters. The van der Waals surface area contributed by atoms with Crippen molar-refractivity contribution in [1.82, 2.24) is 5.32 Å². The number of azo groups is 1. The first kappa shape index (κ1) is 13.1. The summed E-state index contributed by atoms with van der Waals surface area (Å²) in [5, 5.41) is 9.92. The van der Waals surface area contributed by atoms with Gasteiger partial charge in [0.1, 0.15) is 5.70 Å². The molecule has 1 aromatic rings. The average molecular weight is 256 g/mol. The molecule has 1 amide bonds. The fraction of sp³-hybridized carbons (Fsp3) is 0.286. The third-order valence-electron chi connectivity index (χ3n) is 2.74. The Morgan fingerprint density at radius 2 is 2.00 bits per heavy atom. The second-order valence-corrected chi connectivity index (χ2v) is 4.31. The fourth-order valence-electron chi connectivity index (χ4n) is 1.64. The van der Waals surface area contributed by atoms with Crippen LogP contribution in [0, 0.1) is 0 Å². The third kappa shape index (κ3) is 3.58. The van der Waals surface area contributed by atoms with Crippen LogP contribution in [-0.4, -0.2) is 11.9 Å². The molecule has 0 bridgehead atoms. The largest absolute Gasteiger partial charge is 0.288 e. The molecule has 5 nitrogen and oxygen atoms in total. The fourth-order valence-corrected chi connectivity index (χ4v) is 1.64. The van der Waals surface area contributed by atoms with Gasteiger partial charge in [0.25, 0.3) is 5.91 Å². The minimum absolute atomic E-state index is 0.0915. The zero-order valence-electron chi connectivity index (χ0n) is 10.9. The number of unbranched alkanes of at least 4 members (excludes halogenated alkanes) is 1. The molecule has 1 aliphatic heterocycles. The van der Waals surface area contributed by atoms with Crippen molar-refractivity contribution in [2.75, 3.05) is 0 Å². The summed E-state index contributed by atoms with van der Waals surface area (Å²) in [4.78, 5) is 15.5. The lowest BCUT2D eigenvalue weighted by Gasteiger charge is -2.07. The van der Waals surface area contributed by atoms with Crippen LogP contribution in [0.5, 0.6) is 0 Å². The lowest BCUT2D eigenvalue weighted by atomic mass is 10.1. The number of hydrogen-bond donors (Lipinski definition) is 1. The number of hydrogen-bond acceptors (Lipinski definition) is 3. The monoisotopic (exact) mass is 256 g/mol. The van der Waals surface area contributed by atoms with E-state index in [4.69, 9.17) is 0 Å². The molecule has 1 heterocycles. The van der Waals surface area contributed by atoms with Crippen LogP contribution in [0.2, 0.25) is 0 Å². The maximum Gasteiger partial charge on any atom is 0.277 e. The van der Waals surface area contributed by atoms with Gasteiger partial charge in [-0.3, -0.25) is 10.1 Å². The first-order chi connectivity index (χ1) is 9.19. The minimum atomic E-state index is -0.367. The third-order valence-corrected chi connectivity index (χ3v) is 2.74. The predicted molar refractivity (Wildman–Crippen MR) is 74.3 cm³/mol. The number of benzene rings is 1. The Hall–Kier alpha value is -2.30. The maximum absolute atomic E-state index is 11.3. The summed E-state index contributed by atoms with van der Waals surface area (Å²) in [6.07, 6.45) is 3.43. The number of guanidine groups is 1. The number of nitrogens with one attached hydrogen (secondary N) is 1. The van der Waals surface area contributed by atoms with E-state index >= 15 is 0 Å². The highest BCUT2D eigenvalue weighted by molar-refractivity contribution is 6.07. The number of amides is 1. The summed E-state index contributed by atoms with van der Waals surface area (Å²) in [5.74, 6) is -0.174. The van der Waals surface area contributed by atoms with E-state index in [0.717, 1.165) is 12.1 Å². The Balaban J connectivity index is 2.09. The van der Waals surface area contributed by atoms with Gasteiger partial charge < -0.3 is 0 Å². The highest BCUT2D eigenvalue weighted by Crippen LogP contribution is 2.15. The van der Waals surface area contributed by atoms with Gasteiger partial charge in [0, 0.05) is 0 Å². The van der Waals surface area contributed by atoms with E-state index in [0.29, 0.717) is 0 Å². The maximum atomic E-state index is 11.3. The quantitative estimate of drug-likeness (QED) is 0.826. The number of rotatable bonds is 4. The van der Waals surface area contributed by atoms with Crippen molar-refractivity contribution < 1.29 is 4.79 Å². The van der Waals surface area contributed by atoms with Gasteiger partial charge in [0.05, 0.1) is 5.69 Å². The van der Waals surface area contributed by atoms with Gasteiger partial charge in [-0.25, -0.2) is 4.99 Å². The Bertz CT molecular complexity index is 543. The number of carbonyl (C=O) groups is 1. The summed E-state index contributed by atoms with van der Waals surface area (Å²) < 4.78 is 0. The highest BCUT2D eigenvalue weighted by Gasteiger charge is 2.14.